The van der Waals surface area contributed by atoms with Gasteiger partial charge in [0.25, 0.3) is 11.8 Å². The molecule has 2 aromatic carbocycles. The molecule has 0 aliphatic carbocycles. The van der Waals surface area contributed by atoms with Gasteiger partial charge in [-0.1, -0.05) is 6.07 Å². The van der Waals surface area contributed by atoms with E-state index in [9.17, 15) is 27.2 Å². The molecule has 0 saturated heterocycles. The van der Waals surface area contributed by atoms with Gasteiger partial charge in [0.2, 0.25) is 0 Å². The molecule has 2 amide bonds. The topological polar surface area (TPSA) is 88.4 Å². The highest BCUT2D eigenvalue weighted by molar-refractivity contribution is 6.06. The van der Waals surface area contributed by atoms with Crippen LogP contribution in [-0.2, 0) is 6.18 Å². The number of aromatic nitrogens is 3. The van der Waals surface area contributed by atoms with Crippen molar-refractivity contribution < 1.29 is 27.2 Å². The van der Waals surface area contributed by atoms with Crippen LogP contribution in [0.3, 0.4) is 0 Å². The van der Waals surface area contributed by atoms with Gasteiger partial charge in [0.15, 0.2) is 5.65 Å². The molecule has 2 aromatic heterocycles. The number of rotatable bonds is 4. The van der Waals surface area contributed by atoms with Crippen molar-refractivity contribution >= 4 is 28.8 Å². The summed E-state index contributed by atoms with van der Waals surface area (Å²) in [4.78, 5) is 29.2. The molecule has 2 heterocycles. The van der Waals surface area contributed by atoms with Crippen LogP contribution in [-0.4, -0.2) is 26.4 Å². The van der Waals surface area contributed by atoms with E-state index in [2.05, 4.69) is 20.7 Å². The van der Waals surface area contributed by atoms with Crippen molar-refractivity contribution in [3.8, 4) is 0 Å². The molecule has 168 valence electrons. The lowest BCUT2D eigenvalue weighted by Crippen LogP contribution is -2.16. The van der Waals surface area contributed by atoms with Crippen molar-refractivity contribution in [2.75, 3.05) is 10.6 Å². The number of amides is 2. The smallest absolute Gasteiger partial charge is 0.322 e. The third-order valence-corrected chi connectivity index (χ3v) is 4.79. The van der Waals surface area contributed by atoms with Gasteiger partial charge in [-0.25, -0.2) is 13.9 Å². The molecule has 0 aliphatic rings. The van der Waals surface area contributed by atoms with Crippen molar-refractivity contribution in [3.63, 3.8) is 0 Å². The number of benzene rings is 2. The number of alkyl halides is 3. The number of nitrogens with zero attached hydrogens (tertiary/aromatic N) is 3. The van der Waals surface area contributed by atoms with Crippen LogP contribution in [0, 0.1) is 12.7 Å². The molecule has 0 atom stereocenters. The molecule has 0 saturated carbocycles. The summed E-state index contributed by atoms with van der Waals surface area (Å²) in [6.45, 7) is 1.73. The van der Waals surface area contributed by atoms with Crippen molar-refractivity contribution in [1.82, 2.24) is 14.6 Å². The van der Waals surface area contributed by atoms with Gasteiger partial charge in [-0.3, -0.25) is 9.59 Å². The highest BCUT2D eigenvalue weighted by atomic mass is 19.4. The zero-order chi connectivity index (χ0) is 23.8. The second-order valence-electron chi connectivity index (χ2n) is 7.11. The fraction of sp³-hybridized carbons (Fsp3) is 0.0909. The number of fused-ring (bicyclic) bond motifs is 1. The Labute approximate surface area is 184 Å². The van der Waals surface area contributed by atoms with Gasteiger partial charge in [-0.15, -0.1) is 0 Å². The molecule has 11 heteroatoms. The standard InChI is InChI=1S/C22H15F4N5O2/c1-12-2-4-15(29-20(32)13-3-5-17(23)16(8-13)22(24,25)26)9-18(12)30-21(33)14-10-27-19-6-7-28-31(19)11-14/h2-11H,1H3,(H,29,32)(H,30,33). The minimum absolute atomic E-state index is 0.222. The molecule has 0 spiro atoms. The Morgan fingerprint density at radius 1 is 0.970 bits per heavy atom. The van der Waals surface area contributed by atoms with Crippen LogP contribution in [0.5, 0.6) is 0 Å². The molecular weight excluding hydrogens is 442 g/mol. The summed E-state index contributed by atoms with van der Waals surface area (Å²) in [5.41, 5.74) is 0.180. The zero-order valence-electron chi connectivity index (χ0n) is 16.9. The van der Waals surface area contributed by atoms with E-state index in [4.69, 9.17) is 0 Å². The second-order valence-corrected chi connectivity index (χ2v) is 7.11. The molecule has 2 N–H and O–H groups in total. The minimum atomic E-state index is -4.93. The first-order valence-corrected chi connectivity index (χ1v) is 9.51. The largest absolute Gasteiger partial charge is 0.419 e. The van der Waals surface area contributed by atoms with Gasteiger partial charge < -0.3 is 10.6 Å². The van der Waals surface area contributed by atoms with E-state index in [1.165, 1.54) is 29.0 Å². The van der Waals surface area contributed by atoms with Crippen LogP contribution in [0.4, 0.5) is 28.9 Å². The number of carbonyl (C=O) groups excluding carboxylic acids is 2. The Morgan fingerprint density at radius 3 is 2.48 bits per heavy atom. The Balaban J connectivity index is 1.53. The SMILES string of the molecule is Cc1ccc(NC(=O)c2ccc(F)c(C(F)(F)F)c2)cc1NC(=O)c1cnc2ccnn2c1. The van der Waals surface area contributed by atoms with Gasteiger partial charge in [-0.05, 0) is 42.8 Å². The van der Waals surface area contributed by atoms with E-state index in [0.717, 1.165) is 6.07 Å². The summed E-state index contributed by atoms with van der Waals surface area (Å²) < 4.78 is 53.7. The number of carbonyl (C=O) groups is 2. The predicted octanol–water partition coefficient (Wildman–Crippen LogP) is 4.70. The molecule has 0 radical (unpaired) electrons. The second kappa shape index (κ2) is 8.34. The van der Waals surface area contributed by atoms with Crippen molar-refractivity contribution in [3.05, 3.63) is 89.1 Å². The third-order valence-electron chi connectivity index (χ3n) is 4.79. The Morgan fingerprint density at radius 2 is 1.73 bits per heavy atom. The first-order valence-electron chi connectivity index (χ1n) is 9.51. The number of hydrogen-bond acceptors (Lipinski definition) is 4. The van der Waals surface area contributed by atoms with Gasteiger partial charge >= 0.3 is 6.18 Å². The zero-order valence-corrected chi connectivity index (χ0v) is 16.9. The van der Waals surface area contributed by atoms with E-state index in [1.807, 2.05) is 0 Å². The first kappa shape index (κ1) is 21.9. The van der Waals surface area contributed by atoms with E-state index in [0.29, 0.717) is 29.0 Å². The normalized spacial score (nSPS) is 11.4. The van der Waals surface area contributed by atoms with E-state index >= 15 is 0 Å². The Bertz CT molecular complexity index is 1380. The van der Waals surface area contributed by atoms with Crippen LogP contribution in [0.15, 0.2) is 61.1 Å². The van der Waals surface area contributed by atoms with Gasteiger partial charge in [0.1, 0.15) is 5.82 Å². The van der Waals surface area contributed by atoms with Gasteiger partial charge in [0.05, 0.1) is 17.3 Å². The summed E-state index contributed by atoms with van der Waals surface area (Å²) in [5.74, 6) is -2.81. The Hall–Kier alpha value is -4.28. The fourth-order valence-electron chi connectivity index (χ4n) is 3.04. The first-order chi connectivity index (χ1) is 15.6. The average molecular weight is 457 g/mol. The maximum atomic E-state index is 13.5. The van der Waals surface area contributed by atoms with Crippen molar-refractivity contribution in [2.45, 2.75) is 13.1 Å². The molecular formula is C22H15F4N5O2. The minimum Gasteiger partial charge on any atom is -0.322 e. The monoisotopic (exact) mass is 457 g/mol. The summed E-state index contributed by atoms with van der Waals surface area (Å²) in [7, 11) is 0. The van der Waals surface area contributed by atoms with Gasteiger partial charge in [-0.2, -0.15) is 18.3 Å². The number of hydrogen-bond donors (Lipinski definition) is 2. The fourth-order valence-corrected chi connectivity index (χ4v) is 3.04. The molecule has 4 rings (SSSR count). The van der Waals surface area contributed by atoms with E-state index in [-0.39, 0.29) is 16.8 Å². The Kier molecular flexibility index (Phi) is 5.54. The number of anilines is 2. The van der Waals surface area contributed by atoms with Crippen molar-refractivity contribution in [2.24, 2.45) is 0 Å². The summed E-state index contributed by atoms with van der Waals surface area (Å²) in [6.07, 6.45) is -0.500. The maximum Gasteiger partial charge on any atom is 0.419 e. The molecule has 7 nitrogen and oxygen atoms in total. The molecule has 4 aromatic rings. The summed E-state index contributed by atoms with van der Waals surface area (Å²) in [6, 6.07) is 8.26. The quantitative estimate of drug-likeness (QED) is 0.435. The van der Waals surface area contributed by atoms with E-state index in [1.54, 1.807) is 25.3 Å². The van der Waals surface area contributed by atoms with Crippen LogP contribution >= 0.6 is 0 Å². The van der Waals surface area contributed by atoms with Gasteiger partial charge in [0, 0.05) is 35.4 Å². The van der Waals surface area contributed by atoms with Crippen LogP contribution < -0.4 is 10.6 Å². The lowest BCUT2D eigenvalue weighted by molar-refractivity contribution is -0.140. The van der Waals surface area contributed by atoms with Crippen LogP contribution in [0.2, 0.25) is 0 Å². The molecule has 33 heavy (non-hydrogen) atoms. The molecule has 0 unspecified atom stereocenters. The van der Waals surface area contributed by atoms with E-state index < -0.39 is 29.4 Å². The number of aryl methyl sites for hydroxylation is 1. The lowest BCUT2D eigenvalue weighted by atomic mass is 10.1. The van der Waals surface area contributed by atoms with Crippen LogP contribution in [0.1, 0.15) is 31.8 Å². The highest BCUT2D eigenvalue weighted by Gasteiger charge is 2.34. The lowest BCUT2D eigenvalue weighted by Gasteiger charge is -2.13. The number of nitrogens with one attached hydrogen (secondary N) is 2. The number of halogens is 4. The average Bonchev–Trinajstić information content (AvgIpc) is 3.23. The van der Waals surface area contributed by atoms with Crippen molar-refractivity contribution in [1.29, 1.82) is 0 Å². The maximum absolute atomic E-state index is 13.5. The molecule has 0 bridgehead atoms. The summed E-state index contributed by atoms with van der Waals surface area (Å²) in [5, 5.41) is 9.18. The summed E-state index contributed by atoms with van der Waals surface area (Å²) >= 11 is 0. The highest BCUT2D eigenvalue weighted by Crippen LogP contribution is 2.32. The molecule has 0 aliphatic heterocycles. The molecule has 0 fully saturated rings. The predicted molar refractivity (Wildman–Crippen MR) is 111 cm³/mol. The van der Waals surface area contributed by atoms with Crippen LogP contribution in [0.25, 0.3) is 5.65 Å². The third kappa shape index (κ3) is 4.66.